The van der Waals surface area contributed by atoms with Gasteiger partial charge < -0.3 is 48.5 Å². The smallest absolute Gasteiger partial charge is 0.341 e. The summed E-state index contributed by atoms with van der Waals surface area (Å²) in [6.45, 7) is 5.74. The van der Waals surface area contributed by atoms with Gasteiger partial charge in [-0.25, -0.2) is 9.59 Å². The number of aliphatic hydroxyl groups excluding tert-OH is 3. The van der Waals surface area contributed by atoms with Crippen LogP contribution in [0.15, 0.2) is 47.3 Å². The number of rotatable bonds is 6. The van der Waals surface area contributed by atoms with Gasteiger partial charge in [-0.05, 0) is 30.6 Å². The molecule has 0 aromatic rings. The molecule has 3 N–H and O–H groups in total. The van der Waals surface area contributed by atoms with Crippen molar-refractivity contribution in [2.24, 2.45) is 5.92 Å². The van der Waals surface area contributed by atoms with E-state index >= 15 is 0 Å². The van der Waals surface area contributed by atoms with E-state index in [1.807, 2.05) is 6.92 Å². The number of esters is 2. The van der Waals surface area contributed by atoms with Crippen molar-refractivity contribution in [1.82, 2.24) is 0 Å². The Morgan fingerprint density at radius 3 is 2.68 bits per heavy atom. The van der Waals surface area contributed by atoms with Crippen molar-refractivity contribution in [3.63, 3.8) is 0 Å². The van der Waals surface area contributed by atoms with Crippen LogP contribution in [-0.2, 0) is 42.7 Å². The highest BCUT2D eigenvalue weighted by atomic mass is 16.8. The van der Waals surface area contributed by atoms with Crippen LogP contribution in [-0.4, -0.2) is 96.5 Å². The number of hydrogen-bond donors (Lipinski definition) is 3. The second kappa shape index (κ2) is 10.7. The fourth-order valence-electron chi connectivity index (χ4n) is 5.04. The first-order valence-corrected chi connectivity index (χ1v) is 12.2. The lowest BCUT2D eigenvalue weighted by molar-refractivity contribution is -0.340. The van der Waals surface area contributed by atoms with Crippen LogP contribution in [0.25, 0.3) is 0 Å². The van der Waals surface area contributed by atoms with Crippen LogP contribution >= 0.6 is 0 Å². The van der Waals surface area contributed by atoms with Gasteiger partial charge in [-0.15, -0.1) is 6.58 Å². The fourth-order valence-corrected chi connectivity index (χ4v) is 5.04. The second-order valence-corrected chi connectivity index (χ2v) is 9.43. The van der Waals surface area contributed by atoms with Gasteiger partial charge in [0.15, 0.2) is 12.6 Å². The number of cyclic esters (lactones) is 2. The van der Waals surface area contributed by atoms with Crippen molar-refractivity contribution in [2.75, 3.05) is 19.8 Å². The zero-order valence-electron chi connectivity index (χ0n) is 20.2. The van der Waals surface area contributed by atoms with Gasteiger partial charge >= 0.3 is 11.9 Å². The predicted octanol–water partition coefficient (Wildman–Crippen LogP) is -0.269. The van der Waals surface area contributed by atoms with Gasteiger partial charge in [0.2, 0.25) is 6.29 Å². The Morgan fingerprint density at radius 2 is 1.89 bits per heavy atom. The van der Waals surface area contributed by atoms with Crippen molar-refractivity contribution in [3.8, 4) is 0 Å². The minimum Gasteiger partial charge on any atom is -0.471 e. The van der Waals surface area contributed by atoms with E-state index in [1.165, 1.54) is 12.3 Å². The SMILES string of the molecule is C=C[C@@H]1C2=CCOC(=O)C2=CO[C@H]1O[C@@H]1O[C@H](CO[C@@H]2O[C@H](C)CC3=C2C(=O)OCC3)[C@@H](O)[C@H](O)[C@H]1O. The van der Waals surface area contributed by atoms with Crippen LogP contribution in [0.5, 0.6) is 0 Å². The second-order valence-electron chi connectivity index (χ2n) is 9.43. The third-order valence-electron chi connectivity index (χ3n) is 6.99. The van der Waals surface area contributed by atoms with Crippen molar-refractivity contribution in [3.05, 3.63) is 47.3 Å². The Labute approximate surface area is 212 Å². The molecule has 1 fully saturated rings. The highest BCUT2D eigenvalue weighted by Crippen LogP contribution is 2.36. The molecule has 0 unspecified atom stereocenters. The van der Waals surface area contributed by atoms with E-state index in [-0.39, 0.29) is 24.9 Å². The molecule has 12 nitrogen and oxygen atoms in total. The lowest BCUT2D eigenvalue weighted by Crippen LogP contribution is -2.60. The van der Waals surface area contributed by atoms with Crippen molar-refractivity contribution < 1.29 is 58.1 Å². The molecule has 0 aromatic carbocycles. The highest BCUT2D eigenvalue weighted by molar-refractivity contribution is 5.94. The van der Waals surface area contributed by atoms with Gasteiger partial charge in [0.25, 0.3) is 0 Å². The van der Waals surface area contributed by atoms with Crippen molar-refractivity contribution >= 4 is 11.9 Å². The van der Waals surface area contributed by atoms with Crippen molar-refractivity contribution in [1.29, 1.82) is 0 Å². The van der Waals surface area contributed by atoms with Gasteiger partial charge in [0.1, 0.15) is 37.3 Å². The van der Waals surface area contributed by atoms with E-state index in [1.54, 1.807) is 6.08 Å². The van der Waals surface area contributed by atoms with Gasteiger partial charge in [-0.1, -0.05) is 6.08 Å². The zero-order valence-corrected chi connectivity index (χ0v) is 20.2. The van der Waals surface area contributed by atoms with Gasteiger partial charge in [-0.2, -0.15) is 0 Å². The molecule has 202 valence electrons. The van der Waals surface area contributed by atoms with E-state index in [4.69, 9.17) is 33.2 Å². The number of hydrogen-bond acceptors (Lipinski definition) is 12. The third-order valence-corrected chi connectivity index (χ3v) is 6.99. The van der Waals surface area contributed by atoms with Gasteiger partial charge in [0, 0.05) is 6.42 Å². The molecule has 0 bridgehead atoms. The Bertz CT molecular complexity index is 1030. The Hall–Kier alpha value is -2.58. The normalized spacial score (nSPS) is 39.8. The molecule has 0 aromatic heterocycles. The summed E-state index contributed by atoms with van der Waals surface area (Å²) in [6.07, 6.45) is -4.00. The van der Waals surface area contributed by atoms with E-state index in [9.17, 15) is 24.9 Å². The predicted molar refractivity (Wildman–Crippen MR) is 121 cm³/mol. The van der Waals surface area contributed by atoms with Gasteiger partial charge in [-0.3, -0.25) is 0 Å². The molecular formula is C25H30O12. The summed E-state index contributed by atoms with van der Waals surface area (Å²) in [5.41, 5.74) is 2.04. The summed E-state index contributed by atoms with van der Waals surface area (Å²) in [5.74, 6) is -1.65. The quantitative estimate of drug-likeness (QED) is 0.310. The third kappa shape index (κ3) is 4.98. The summed E-state index contributed by atoms with van der Waals surface area (Å²) in [7, 11) is 0. The maximum atomic E-state index is 12.3. The number of fused-ring (bicyclic) bond motifs is 1. The van der Waals surface area contributed by atoms with Crippen LogP contribution in [0.2, 0.25) is 0 Å². The molecule has 0 amide bonds. The highest BCUT2D eigenvalue weighted by Gasteiger charge is 2.48. The summed E-state index contributed by atoms with van der Waals surface area (Å²) >= 11 is 0. The number of aliphatic hydroxyl groups is 3. The molecule has 5 heterocycles. The number of carbonyl (C=O) groups is 2. The monoisotopic (exact) mass is 522 g/mol. The van der Waals surface area contributed by atoms with E-state index in [0.29, 0.717) is 30.6 Å². The van der Waals surface area contributed by atoms with E-state index in [2.05, 4.69) is 6.58 Å². The van der Waals surface area contributed by atoms with Crippen molar-refractivity contribution in [2.45, 2.75) is 69.2 Å². The van der Waals surface area contributed by atoms with E-state index in [0.717, 1.165) is 5.57 Å². The number of ether oxygens (including phenoxy) is 7. The molecule has 0 spiro atoms. The molecule has 5 aliphatic heterocycles. The maximum absolute atomic E-state index is 12.3. The van der Waals surface area contributed by atoms with E-state index < -0.39 is 61.1 Å². The first-order valence-electron chi connectivity index (χ1n) is 12.2. The lowest BCUT2D eigenvalue weighted by atomic mass is 9.89. The minimum absolute atomic E-state index is 0.0863. The van der Waals surface area contributed by atoms with Crippen LogP contribution < -0.4 is 0 Å². The molecule has 12 heteroatoms. The summed E-state index contributed by atoms with van der Waals surface area (Å²) < 4.78 is 38.9. The molecule has 0 radical (unpaired) electrons. The molecule has 0 aliphatic carbocycles. The molecule has 1 saturated heterocycles. The standard InChI is InChI=1S/C25H30O12/c1-3-13-14-5-7-31-21(29)15(14)9-33-23(13)37-25-20(28)19(27)18(26)16(36-25)10-34-24-17-12(8-11(2)35-24)4-6-32-22(17)30/h3,5,9,11,13,16,18-20,23-28H,1,4,6-8,10H2,2H3/t11-,13-,16-,18-,19+,20-,23+,24-,25+/m1/s1. The van der Waals surface area contributed by atoms with Crippen LogP contribution in [0.4, 0.5) is 0 Å². The molecular weight excluding hydrogens is 492 g/mol. The minimum atomic E-state index is -1.63. The molecule has 0 saturated carbocycles. The lowest BCUT2D eigenvalue weighted by Gasteiger charge is -2.43. The van der Waals surface area contributed by atoms with Crippen LogP contribution in [0, 0.1) is 5.92 Å². The maximum Gasteiger partial charge on any atom is 0.341 e. The number of carbonyl (C=O) groups excluding carboxylic acids is 2. The molecule has 37 heavy (non-hydrogen) atoms. The average Bonchev–Trinajstić information content (AvgIpc) is 2.88. The zero-order chi connectivity index (χ0) is 26.3. The Balaban J connectivity index is 1.28. The van der Waals surface area contributed by atoms with Crippen LogP contribution in [0.3, 0.4) is 0 Å². The van der Waals surface area contributed by atoms with Crippen LogP contribution in [0.1, 0.15) is 19.8 Å². The molecule has 5 aliphatic rings. The summed E-state index contributed by atoms with van der Waals surface area (Å²) in [5, 5.41) is 31.6. The summed E-state index contributed by atoms with van der Waals surface area (Å²) in [6, 6.07) is 0. The Kier molecular flexibility index (Phi) is 7.50. The average molecular weight is 523 g/mol. The molecule has 9 atom stereocenters. The molecule has 5 rings (SSSR count). The first-order chi connectivity index (χ1) is 17.8. The fraction of sp³-hybridized carbons (Fsp3) is 0.600. The first kappa shape index (κ1) is 26.0. The van der Waals surface area contributed by atoms with Gasteiger partial charge in [0.05, 0.1) is 36.4 Å². The largest absolute Gasteiger partial charge is 0.471 e. The summed E-state index contributed by atoms with van der Waals surface area (Å²) in [4.78, 5) is 24.4. The Morgan fingerprint density at radius 1 is 1.08 bits per heavy atom. The topological polar surface area (TPSA) is 159 Å².